The predicted octanol–water partition coefficient (Wildman–Crippen LogP) is 3.61. The maximum atomic E-state index is 9.45. The van der Waals surface area contributed by atoms with Crippen LogP contribution in [0.15, 0.2) is 11.9 Å². The first-order valence-corrected chi connectivity index (χ1v) is 10.6. The highest BCUT2D eigenvalue weighted by Gasteiger charge is 2.39. The molecule has 1 saturated carbocycles. The Morgan fingerprint density at radius 2 is 2.00 bits per heavy atom. The van der Waals surface area contributed by atoms with E-state index in [0.29, 0.717) is 11.5 Å². The van der Waals surface area contributed by atoms with Crippen LogP contribution in [0.1, 0.15) is 69.5 Å². The fourth-order valence-corrected chi connectivity index (χ4v) is 5.55. The molecule has 5 heteroatoms. The molecule has 0 unspecified atom stereocenters. The van der Waals surface area contributed by atoms with Gasteiger partial charge < -0.3 is 14.7 Å². The Bertz CT molecular complexity index is 720. The van der Waals surface area contributed by atoms with Crippen LogP contribution in [0.4, 0.5) is 0 Å². The lowest BCUT2D eigenvalue weighted by molar-refractivity contribution is 0.0394. The maximum absolute atomic E-state index is 9.45. The summed E-state index contributed by atoms with van der Waals surface area (Å²) < 4.78 is 6.48. The van der Waals surface area contributed by atoms with Crippen molar-refractivity contribution < 1.29 is 9.84 Å². The molecule has 1 N–H and O–H groups in total. The van der Waals surface area contributed by atoms with Gasteiger partial charge in [-0.05, 0) is 77.0 Å². The van der Waals surface area contributed by atoms with E-state index >= 15 is 0 Å². The van der Waals surface area contributed by atoms with Gasteiger partial charge in [-0.1, -0.05) is 12.5 Å². The molecule has 148 valence electrons. The molecule has 0 bridgehead atoms. The molecule has 1 aromatic heterocycles. The second-order valence-corrected chi connectivity index (χ2v) is 8.73. The zero-order chi connectivity index (χ0) is 19.0. The number of hydrogen-bond acceptors (Lipinski definition) is 5. The fourth-order valence-electron chi connectivity index (χ4n) is 5.55. The summed E-state index contributed by atoms with van der Waals surface area (Å²) in [5, 5.41) is 9.45. The van der Waals surface area contributed by atoms with E-state index in [0.717, 1.165) is 55.7 Å². The number of fused-ring (bicyclic) bond motifs is 2. The van der Waals surface area contributed by atoms with Gasteiger partial charge in [0.2, 0.25) is 5.88 Å². The molecule has 1 heterocycles. The van der Waals surface area contributed by atoms with Crippen molar-refractivity contribution in [2.45, 2.75) is 76.4 Å². The minimum atomic E-state index is 0.242. The molecule has 0 aliphatic heterocycles. The molecule has 27 heavy (non-hydrogen) atoms. The molecule has 0 aromatic carbocycles. The lowest BCUT2D eigenvalue weighted by atomic mass is 9.77. The molecule has 0 amide bonds. The maximum Gasteiger partial charge on any atom is 0.224 e. The summed E-state index contributed by atoms with van der Waals surface area (Å²) in [4.78, 5) is 11.5. The summed E-state index contributed by atoms with van der Waals surface area (Å²) in [7, 11) is 4.41. The van der Waals surface area contributed by atoms with E-state index in [1.54, 1.807) is 6.33 Å². The summed E-state index contributed by atoms with van der Waals surface area (Å²) in [5.74, 6) is 1.22. The van der Waals surface area contributed by atoms with E-state index < -0.39 is 0 Å². The molecule has 1 atom stereocenters. The van der Waals surface area contributed by atoms with Gasteiger partial charge in [0.15, 0.2) is 0 Å². The zero-order valence-electron chi connectivity index (χ0n) is 17.0. The predicted molar refractivity (Wildman–Crippen MR) is 107 cm³/mol. The number of rotatable bonds is 6. The van der Waals surface area contributed by atoms with Crippen molar-refractivity contribution in [2.75, 3.05) is 20.7 Å². The van der Waals surface area contributed by atoms with Crippen molar-refractivity contribution in [2.24, 2.45) is 5.92 Å². The minimum absolute atomic E-state index is 0.242. The Kier molecular flexibility index (Phi) is 5.26. The second-order valence-electron chi connectivity index (χ2n) is 8.73. The second kappa shape index (κ2) is 7.51. The third kappa shape index (κ3) is 3.29. The van der Waals surface area contributed by atoms with Gasteiger partial charge >= 0.3 is 0 Å². The van der Waals surface area contributed by atoms with E-state index in [9.17, 15) is 5.11 Å². The molecule has 3 aliphatic carbocycles. The van der Waals surface area contributed by atoms with Gasteiger partial charge in [-0.2, -0.15) is 0 Å². The van der Waals surface area contributed by atoms with Gasteiger partial charge in [0.05, 0.1) is 11.3 Å². The Labute approximate surface area is 162 Å². The molecule has 3 aliphatic rings. The first-order valence-electron chi connectivity index (χ1n) is 10.6. The summed E-state index contributed by atoms with van der Waals surface area (Å²) in [6.07, 6.45) is 11.6. The smallest absolute Gasteiger partial charge is 0.224 e. The van der Waals surface area contributed by atoms with Gasteiger partial charge in [0, 0.05) is 18.6 Å². The number of allylic oxidation sites excluding steroid dienone is 2. The number of ether oxygens (including phenoxy) is 1. The van der Waals surface area contributed by atoms with E-state index in [-0.39, 0.29) is 12.7 Å². The quantitative estimate of drug-likeness (QED) is 0.828. The largest absolute Gasteiger partial charge is 0.474 e. The van der Waals surface area contributed by atoms with Crippen molar-refractivity contribution in [1.82, 2.24) is 14.9 Å². The molecular formula is C22H33N3O2. The number of hydrogen-bond donors (Lipinski definition) is 1. The standard InChI is InChI=1S/C22H33N3O2/c1-4-22(25(2)3)10-7-17(8-11-22)27-21-20-18(23-14-24-21)13-16-6-5-15(9-12-26)19(16)20/h14-15,17,26H,4-13H2,1-3H3/t15-,17?,22?/m1/s1. The van der Waals surface area contributed by atoms with Crippen molar-refractivity contribution >= 4 is 5.57 Å². The Morgan fingerprint density at radius 1 is 1.22 bits per heavy atom. The SMILES string of the molecule is CCC1(N(C)C)CCC(Oc2ncnc3c2C2=C(CC[C@@H]2CCO)C3)CC1. The van der Waals surface area contributed by atoms with E-state index in [1.807, 2.05) is 0 Å². The van der Waals surface area contributed by atoms with E-state index in [1.165, 1.54) is 30.4 Å². The topological polar surface area (TPSA) is 58.5 Å². The number of nitrogens with zero attached hydrogens (tertiary/aromatic N) is 3. The van der Waals surface area contributed by atoms with Crippen molar-refractivity contribution in [3.05, 3.63) is 23.2 Å². The Hall–Kier alpha value is -1.46. The van der Waals surface area contributed by atoms with Crippen LogP contribution in [-0.4, -0.2) is 52.3 Å². The van der Waals surface area contributed by atoms with Gasteiger partial charge in [0.1, 0.15) is 12.4 Å². The summed E-state index contributed by atoms with van der Waals surface area (Å²) in [6, 6.07) is 0. The fraction of sp³-hybridized carbons (Fsp3) is 0.727. The summed E-state index contributed by atoms with van der Waals surface area (Å²) >= 11 is 0. The highest BCUT2D eigenvalue weighted by Crippen LogP contribution is 2.50. The highest BCUT2D eigenvalue weighted by atomic mass is 16.5. The third-order valence-corrected chi connectivity index (χ3v) is 7.35. The Balaban J connectivity index is 1.52. The monoisotopic (exact) mass is 371 g/mol. The summed E-state index contributed by atoms with van der Waals surface area (Å²) in [5.41, 5.74) is 5.49. The van der Waals surface area contributed by atoms with Crippen LogP contribution >= 0.6 is 0 Å². The van der Waals surface area contributed by atoms with Crippen molar-refractivity contribution in [3.63, 3.8) is 0 Å². The van der Waals surface area contributed by atoms with Crippen LogP contribution in [0.5, 0.6) is 5.88 Å². The Morgan fingerprint density at radius 3 is 2.67 bits per heavy atom. The first kappa shape index (κ1) is 18.9. The molecule has 4 rings (SSSR count). The zero-order valence-corrected chi connectivity index (χ0v) is 17.0. The van der Waals surface area contributed by atoms with Gasteiger partial charge in [-0.15, -0.1) is 0 Å². The molecule has 1 fully saturated rings. The lowest BCUT2D eigenvalue weighted by Gasteiger charge is -2.44. The average Bonchev–Trinajstić information content (AvgIpc) is 3.23. The van der Waals surface area contributed by atoms with Gasteiger partial charge in [-0.3, -0.25) is 0 Å². The minimum Gasteiger partial charge on any atom is -0.474 e. The number of aliphatic hydroxyl groups excluding tert-OH is 1. The van der Waals surface area contributed by atoms with Crippen LogP contribution in [0.2, 0.25) is 0 Å². The molecule has 0 radical (unpaired) electrons. The molecular weight excluding hydrogens is 338 g/mol. The third-order valence-electron chi connectivity index (χ3n) is 7.35. The summed E-state index contributed by atoms with van der Waals surface area (Å²) in [6.45, 7) is 2.54. The molecule has 0 spiro atoms. The lowest BCUT2D eigenvalue weighted by Crippen LogP contribution is -2.48. The van der Waals surface area contributed by atoms with Crippen LogP contribution in [0, 0.1) is 5.92 Å². The average molecular weight is 372 g/mol. The first-order chi connectivity index (χ1) is 13.1. The molecule has 1 aromatic rings. The van der Waals surface area contributed by atoms with E-state index in [4.69, 9.17) is 4.74 Å². The van der Waals surface area contributed by atoms with Crippen LogP contribution in [-0.2, 0) is 6.42 Å². The van der Waals surface area contributed by atoms with E-state index in [2.05, 4.69) is 35.9 Å². The highest BCUT2D eigenvalue weighted by molar-refractivity contribution is 5.81. The van der Waals surface area contributed by atoms with Crippen molar-refractivity contribution in [3.8, 4) is 5.88 Å². The normalized spacial score (nSPS) is 30.0. The van der Waals surface area contributed by atoms with Crippen molar-refractivity contribution in [1.29, 1.82) is 0 Å². The number of aromatic nitrogens is 2. The number of aliphatic hydroxyl groups is 1. The molecule has 0 saturated heterocycles. The van der Waals surface area contributed by atoms with Crippen LogP contribution in [0.3, 0.4) is 0 Å². The van der Waals surface area contributed by atoms with Crippen LogP contribution in [0.25, 0.3) is 5.57 Å². The van der Waals surface area contributed by atoms with Crippen LogP contribution < -0.4 is 4.74 Å². The van der Waals surface area contributed by atoms with Gasteiger partial charge in [-0.25, -0.2) is 9.97 Å². The molecule has 5 nitrogen and oxygen atoms in total. The van der Waals surface area contributed by atoms with Gasteiger partial charge in [0.25, 0.3) is 0 Å².